The number of piperidine rings is 1. The number of hydrogen-bond donors (Lipinski definition) is 1. The van der Waals surface area contributed by atoms with Gasteiger partial charge in [0.25, 0.3) is 0 Å². The van der Waals surface area contributed by atoms with Gasteiger partial charge in [0, 0.05) is 6.04 Å². The molecule has 122 valence electrons. The van der Waals surface area contributed by atoms with Crippen molar-refractivity contribution in [1.82, 2.24) is 5.32 Å². The van der Waals surface area contributed by atoms with Crippen LogP contribution in [0.4, 0.5) is 0 Å². The molecule has 1 aliphatic rings. The molecular weight excluding hydrogens is 282 g/mol. The van der Waals surface area contributed by atoms with Crippen LogP contribution in [0.1, 0.15) is 46.1 Å². The lowest BCUT2D eigenvalue weighted by Crippen LogP contribution is -2.34. The Hall–Kier alpha value is -1.80. The van der Waals surface area contributed by atoms with Crippen molar-refractivity contribution in [1.29, 1.82) is 0 Å². The number of rotatable bonds is 5. The molecule has 0 spiro atoms. The SMILES string of the molecule is [2H]C([2H])([2H])Oc1ccc(C)cc1CC[C@H]1CCCN[C@H]1c1ccccc1. The molecule has 2 nitrogen and oxygen atoms in total. The van der Waals surface area contributed by atoms with E-state index < -0.39 is 7.04 Å². The standard InChI is InChI=1S/C21H27NO/c1-16-10-13-20(23-2)19(15-16)12-11-18-9-6-14-22-21(18)17-7-4-3-5-8-17/h3-5,7-8,10,13,15,18,21-22H,6,9,11-12,14H2,1-2H3/t18-,21+/m1/s1/i2D3. The van der Waals surface area contributed by atoms with Crippen LogP contribution in [-0.2, 0) is 6.42 Å². The van der Waals surface area contributed by atoms with E-state index in [0.29, 0.717) is 17.7 Å². The second-order valence-corrected chi connectivity index (χ2v) is 6.50. The van der Waals surface area contributed by atoms with Gasteiger partial charge < -0.3 is 10.1 Å². The highest BCUT2D eigenvalue weighted by molar-refractivity contribution is 5.37. The molecule has 0 bridgehead atoms. The highest BCUT2D eigenvalue weighted by atomic mass is 16.5. The van der Waals surface area contributed by atoms with Crippen molar-refractivity contribution >= 4 is 0 Å². The van der Waals surface area contributed by atoms with Gasteiger partial charge in [0.1, 0.15) is 5.75 Å². The zero-order chi connectivity index (χ0) is 18.6. The first-order chi connectivity index (χ1) is 12.4. The van der Waals surface area contributed by atoms with Gasteiger partial charge in [-0.25, -0.2) is 0 Å². The topological polar surface area (TPSA) is 21.3 Å². The Kier molecular flexibility index (Phi) is 4.19. The largest absolute Gasteiger partial charge is 0.496 e. The summed E-state index contributed by atoms with van der Waals surface area (Å²) in [7, 11) is -2.41. The maximum absolute atomic E-state index is 7.39. The number of benzene rings is 2. The van der Waals surface area contributed by atoms with Gasteiger partial charge in [-0.05, 0) is 62.3 Å². The Morgan fingerprint density at radius 2 is 2.09 bits per heavy atom. The Morgan fingerprint density at radius 1 is 1.22 bits per heavy atom. The molecule has 1 saturated heterocycles. The lowest BCUT2D eigenvalue weighted by molar-refractivity contribution is 0.268. The Morgan fingerprint density at radius 3 is 2.91 bits per heavy atom. The average Bonchev–Trinajstić information content (AvgIpc) is 2.62. The van der Waals surface area contributed by atoms with Crippen LogP contribution in [0.2, 0.25) is 0 Å². The van der Waals surface area contributed by atoms with Crippen LogP contribution in [0.15, 0.2) is 48.5 Å². The van der Waals surface area contributed by atoms with Gasteiger partial charge in [0.15, 0.2) is 0 Å². The molecule has 2 heteroatoms. The summed E-state index contributed by atoms with van der Waals surface area (Å²) < 4.78 is 27.4. The van der Waals surface area contributed by atoms with E-state index in [0.717, 1.165) is 30.5 Å². The van der Waals surface area contributed by atoms with Crippen LogP contribution in [0.5, 0.6) is 5.75 Å². The summed E-state index contributed by atoms with van der Waals surface area (Å²) in [4.78, 5) is 0. The van der Waals surface area contributed by atoms with E-state index >= 15 is 0 Å². The van der Waals surface area contributed by atoms with Crippen LogP contribution < -0.4 is 10.1 Å². The predicted octanol–water partition coefficient (Wildman–Crippen LogP) is 4.68. The number of methoxy groups -OCH3 is 1. The van der Waals surface area contributed by atoms with Gasteiger partial charge in [-0.2, -0.15) is 0 Å². The lowest BCUT2D eigenvalue weighted by atomic mass is 9.82. The molecule has 0 radical (unpaired) electrons. The maximum atomic E-state index is 7.39. The molecule has 3 rings (SSSR count). The fourth-order valence-electron chi connectivity index (χ4n) is 3.66. The van der Waals surface area contributed by atoms with E-state index in [9.17, 15) is 0 Å². The highest BCUT2D eigenvalue weighted by Gasteiger charge is 2.25. The van der Waals surface area contributed by atoms with E-state index in [2.05, 4.69) is 35.6 Å². The van der Waals surface area contributed by atoms with Crippen molar-refractivity contribution in [3.8, 4) is 5.75 Å². The molecule has 1 fully saturated rings. The molecule has 2 atom stereocenters. The van der Waals surface area contributed by atoms with Gasteiger partial charge in [-0.15, -0.1) is 0 Å². The zero-order valence-electron chi connectivity index (χ0n) is 16.7. The molecule has 0 aromatic heterocycles. The van der Waals surface area contributed by atoms with E-state index in [4.69, 9.17) is 8.85 Å². The van der Waals surface area contributed by atoms with Crippen LogP contribution in [0, 0.1) is 12.8 Å². The third-order valence-corrected chi connectivity index (χ3v) is 4.86. The van der Waals surface area contributed by atoms with Crippen molar-refractivity contribution in [2.75, 3.05) is 13.6 Å². The lowest BCUT2D eigenvalue weighted by Gasteiger charge is -2.33. The Labute approximate surface area is 144 Å². The summed E-state index contributed by atoms with van der Waals surface area (Å²) >= 11 is 0. The second kappa shape index (κ2) is 7.65. The molecule has 1 aliphatic heterocycles. The number of ether oxygens (including phenoxy) is 1. The number of hydrogen-bond acceptors (Lipinski definition) is 2. The van der Waals surface area contributed by atoms with Gasteiger partial charge >= 0.3 is 0 Å². The smallest absolute Gasteiger partial charge is 0.122 e. The van der Waals surface area contributed by atoms with Crippen LogP contribution in [-0.4, -0.2) is 13.6 Å². The van der Waals surface area contributed by atoms with Gasteiger partial charge in [-0.1, -0.05) is 48.0 Å². The molecule has 2 aromatic carbocycles. The first kappa shape index (κ1) is 12.6. The monoisotopic (exact) mass is 312 g/mol. The number of nitrogens with one attached hydrogen (secondary N) is 1. The fourth-order valence-corrected chi connectivity index (χ4v) is 3.66. The number of aryl methyl sites for hydroxylation is 2. The molecular formula is C21H27NO. The minimum absolute atomic E-state index is 0.363. The zero-order valence-corrected chi connectivity index (χ0v) is 13.7. The van der Waals surface area contributed by atoms with E-state index in [1.807, 2.05) is 19.1 Å². The van der Waals surface area contributed by atoms with Crippen LogP contribution in [0.3, 0.4) is 0 Å². The Balaban J connectivity index is 1.74. The molecule has 0 saturated carbocycles. The van der Waals surface area contributed by atoms with Crippen molar-refractivity contribution in [3.63, 3.8) is 0 Å². The van der Waals surface area contributed by atoms with E-state index in [1.165, 1.54) is 18.4 Å². The highest BCUT2D eigenvalue weighted by Crippen LogP contribution is 2.33. The summed E-state index contributed by atoms with van der Waals surface area (Å²) in [6.45, 7) is 3.07. The molecule has 23 heavy (non-hydrogen) atoms. The van der Waals surface area contributed by atoms with Crippen molar-refractivity contribution in [2.24, 2.45) is 5.92 Å². The molecule has 1 N–H and O–H groups in total. The summed E-state index contributed by atoms with van der Waals surface area (Å²) in [5, 5.41) is 3.66. The quantitative estimate of drug-likeness (QED) is 0.865. The maximum Gasteiger partial charge on any atom is 0.122 e. The molecule has 0 amide bonds. The van der Waals surface area contributed by atoms with Crippen molar-refractivity contribution < 1.29 is 8.85 Å². The van der Waals surface area contributed by atoms with Gasteiger partial charge in [0.05, 0.1) is 11.2 Å². The summed E-state index contributed by atoms with van der Waals surface area (Å²) in [6, 6.07) is 16.7. The minimum atomic E-state index is -2.41. The Bertz CT molecular complexity index is 715. The van der Waals surface area contributed by atoms with Gasteiger partial charge in [-0.3, -0.25) is 0 Å². The normalized spacial score (nSPS) is 23.6. The summed E-state index contributed by atoms with van der Waals surface area (Å²) in [6.07, 6.45) is 4.20. The first-order valence-electron chi connectivity index (χ1n) is 9.99. The summed E-state index contributed by atoms with van der Waals surface area (Å²) in [5.74, 6) is 1.02. The van der Waals surface area contributed by atoms with Crippen molar-refractivity contribution in [3.05, 3.63) is 65.2 Å². The molecule has 0 aliphatic carbocycles. The van der Waals surface area contributed by atoms with Crippen LogP contribution in [0.25, 0.3) is 0 Å². The van der Waals surface area contributed by atoms with Crippen molar-refractivity contribution in [2.45, 2.75) is 38.6 Å². The van der Waals surface area contributed by atoms with E-state index in [-0.39, 0.29) is 0 Å². The molecule has 2 aromatic rings. The van der Waals surface area contributed by atoms with Crippen LogP contribution >= 0.6 is 0 Å². The average molecular weight is 312 g/mol. The van der Waals surface area contributed by atoms with E-state index in [1.54, 1.807) is 6.07 Å². The third kappa shape index (κ3) is 3.94. The third-order valence-electron chi connectivity index (χ3n) is 4.86. The minimum Gasteiger partial charge on any atom is -0.496 e. The first-order valence-corrected chi connectivity index (χ1v) is 8.49. The summed E-state index contributed by atoms with van der Waals surface area (Å²) in [5.41, 5.74) is 3.44. The fraction of sp³-hybridized carbons (Fsp3) is 0.429. The second-order valence-electron chi connectivity index (χ2n) is 6.50. The molecule has 0 unspecified atom stereocenters. The van der Waals surface area contributed by atoms with Gasteiger partial charge in [0.2, 0.25) is 0 Å². The molecule has 1 heterocycles. The predicted molar refractivity (Wildman–Crippen MR) is 96.0 cm³/mol.